The highest BCUT2D eigenvalue weighted by atomic mass is 16.5. The van der Waals surface area contributed by atoms with Crippen molar-refractivity contribution in [1.29, 1.82) is 0 Å². The van der Waals surface area contributed by atoms with Crippen LogP contribution in [0, 0.1) is 6.92 Å². The minimum absolute atomic E-state index is 0.0991. The van der Waals surface area contributed by atoms with Gasteiger partial charge in [0.05, 0.1) is 36.2 Å². The number of hydrogen-bond acceptors (Lipinski definition) is 4. The first-order chi connectivity index (χ1) is 8.77. The van der Waals surface area contributed by atoms with Gasteiger partial charge in [0.15, 0.2) is 0 Å². The van der Waals surface area contributed by atoms with Gasteiger partial charge in [-0.2, -0.15) is 0 Å². The minimum Gasteiger partial charge on any atom is -0.397 e. The summed E-state index contributed by atoms with van der Waals surface area (Å²) in [6, 6.07) is 8.19. The van der Waals surface area contributed by atoms with Crippen molar-refractivity contribution in [1.82, 2.24) is 10.3 Å². The number of aromatic nitrogens is 1. The molecule has 1 aromatic heterocycles. The third-order valence-corrected chi connectivity index (χ3v) is 3.48. The highest BCUT2D eigenvalue weighted by Crippen LogP contribution is 2.29. The Labute approximate surface area is 106 Å². The Morgan fingerprint density at radius 1 is 1.39 bits per heavy atom. The Morgan fingerprint density at radius 3 is 3.00 bits per heavy atom. The van der Waals surface area contributed by atoms with E-state index in [2.05, 4.69) is 11.4 Å². The van der Waals surface area contributed by atoms with E-state index >= 15 is 0 Å². The summed E-state index contributed by atoms with van der Waals surface area (Å²) in [6.45, 7) is 4.28. The van der Waals surface area contributed by atoms with Crippen LogP contribution in [-0.4, -0.2) is 24.7 Å². The SMILES string of the molecule is Cc1c(N)c(C2COCCN2)nc2ccccc12. The molecule has 3 rings (SSSR count). The van der Waals surface area contributed by atoms with Crippen LogP contribution in [0.2, 0.25) is 0 Å². The number of benzene rings is 1. The van der Waals surface area contributed by atoms with E-state index in [9.17, 15) is 0 Å². The first kappa shape index (κ1) is 11.4. The third-order valence-electron chi connectivity index (χ3n) is 3.48. The largest absolute Gasteiger partial charge is 0.397 e. The summed E-state index contributed by atoms with van der Waals surface area (Å²) >= 11 is 0. The smallest absolute Gasteiger partial charge is 0.0835 e. The van der Waals surface area contributed by atoms with E-state index in [1.54, 1.807) is 0 Å². The summed E-state index contributed by atoms with van der Waals surface area (Å²) < 4.78 is 5.49. The van der Waals surface area contributed by atoms with Gasteiger partial charge in [0.2, 0.25) is 0 Å². The molecule has 4 nitrogen and oxygen atoms in total. The van der Waals surface area contributed by atoms with Crippen molar-refractivity contribution in [2.24, 2.45) is 0 Å². The Morgan fingerprint density at radius 2 is 2.22 bits per heavy atom. The molecule has 0 saturated carbocycles. The Balaban J connectivity index is 2.14. The van der Waals surface area contributed by atoms with Crippen LogP contribution in [-0.2, 0) is 4.74 Å². The van der Waals surface area contributed by atoms with Crippen LogP contribution >= 0.6 is 0 Å². The molecule has 1 atom stereocenters. The lowest BCUT2D eigenvalue weighted by Crippen LogP contribution is -2.35. The number of hydrogen-bond donors (Lipinski definition) is 2. The lowest BCUT2D eigenvalue weighted by molar-refractivity contribution is 0.0759. The zero-order valence-corrected chi connectivity index (χ0v) is 10.4. The number of pyridine rings is 1. The number of rotatable bonds is 1. The van der Waals surface area contributed by atoms with Crippen molar-refractivity contribution in [2.45, 2.75) is 13.0 Å². The zero-order chi connectivity index (χ0) is 12.5. The topological polar surface area (TPSA) is 60.2 Å². The number of morpholine rings is 1. The molecule has 18 heavy (non-hydrogen) atoms. The average molecular weight is 243 g/mol. The highest BCUT2D eigenvalue weighted by Gasteiger charge is 2.21. The number of fused-ring (bicyclic) bond motifs is 1. The number of aryl methyl sites for hydroxylation is 1. The van der Waals surface area contributed by atoms with E-state index in [1.165, 1.54) is 0 Å². The summed E-state index contributed by atoms with van der Waals surface area (Å²) in [5, 5.41) is 4.52. The quantitative estimate of drug-likeness (QED) is 0.801. The maximum absolute atomic E-state index is 6.22. The lowest BCUT2D eigenvalue weighted by Gasteiger charge is -2.25. The van der Waals surface area contributed by atoms with Crippen LogP contribution in [0.4, 0.5) is 5.69 Å². The summed E-state index contributed by atoms with van der Waals surface area (Å²) in [7, 11) is 0. The predicted molar refractivity (Wildman–Crippen MR) is 72.5 cm³/mol. The van der Waals surface area contributed by atoms with Crippen LogP contribution in [0.1, 0.15) is 17.3 Å². The molecular formula is C14H17N3O. The number of nitrogens with two attached hydrogens (primary N) is 1. The Hall–Kier alpha value is -1.65. The third kappa shape index (κ3) is 1.83. The number of ether oxygens (including phenoxy) is 1. The van der Waals surface area contributed by atoms with Gasteiger partial charge in [-0.1, -0.05) is 18.2 Å². The fourth-order valence-electron chi connectivity index (χ4n) is 2.42. The second kappa shape index (κ2) is 4.55. The molecule has 1 aliphatic rings. The lowest BCUT2D eigenvalue weighted by atomic mass is 10.0. The molecule has 4 heteroatoms. The second-order valence-electron chi connectivity index (χ2n) is 4.63. The molecule has 0 aliphatic carbocycles. The van der Waals surface area contributed by atoms with Gasteiger partial charge in [0, 0.05) is 11.9 Å². The molecule has 0 radical (unpaired) electrons. The molecule has 2 aromatic rings. The maximum Gasteiger partial charge on any atom is 0.0835 e. The molecule has 1 fully saturated rings. The summed E-state index contributed by atoms with van der Waals surface area (Å²) in [5.74, 6) is 0. The Bertz CT molecular complexity index is 577. The predicted octanol–water partition coefficient (Wildman–Crippen LogP) is 1.79. The van der Waals surface area contributed by atoms with Gasteiger partial charge in [0.1, 0.15) is 0 Å². The van der Waals surface area contributed by atoms with Gasteiger partial charge in [-0.05, 0) is 18.6 Å². The van der Waals surface area contributed by atoms with Gasteiger partial charge in [-0.15, -0.1) is 0 Å². The normalized spacial score (nSPS) is 20.2. The van der Waals surface area contributed by atoms with E-state index in [-0.39, 0.29) is 6.04 Å². The molecule has 3 N–H and O–H groups in total. The number of para-hydroxylation sites is 1. The fourth-order valence-corrected chi connectivity index (χ4v) is 2.42. The van der Waals surface area contributed by atoms with Crippen LogP contribution in [0.5, 0.6) is 0 Å². The maximum atomic E-state index is 6.22. The molecule has 1 unspecified atom stereocenters. The Kier molecular flexibility index (Phi) is 2.89. The molecule has 0 spiro atoms. The highest BCUT2D eigenvalue weighted by molar-refractivity contribution is 5.86. The van der Waals surface area contributed by atoms with Crippen molar-refractivity contribution in [2.75, 3.05) is 25.5 Å². The van der Waals surface area contributed by atoms with Gasteiger partial charge >= 0.3 is 0 Å². The molecular weight excluding hydrogens is 226 g/mol. The summed E-state index contributed by atoms with van der Waals surface area (Å²) in [5.41, 5.74) is 10.00. The van der Waals surface area contributed by atoms with Crippen LogP contribution in [0.3, 0.4) is 0 Å². The van der Waals surface area contributed by atoms with Gasteiger partial charge in [0.25, 0.3) is 0 Å². The first-order valence-corrected chi connectivity index (χ1v) is 6.23. The molecule has 0 bridgehead atoms. The first-order valence-electron chi connectivity index (χ1n) is 6.23. The summed E-state index contributed by atoms with van der Waals surface area (Å²) in [4.78, 5) is 4.69. The van der Waals surface area contributed by atoms with Crippen molar-refractivity contribution in [3.05, 3.63) is 35.5 Å². The van der Waals surface area contributed by atoms with Crippen LogP contribution < -0.4 is 11.1 Å². The average Bonchev–Trinajstić information content (AvgIpc) is 2.44. The van der Waals surface area contributed by atoms with Gasteiger partial charge < -0.3 is 15.8 Å². The number of nitrogen functional groups attached to an aromatic ring is 1. The van der Waals surface area contributed by atoms with E-state index in [0.717, 1.165) is 41.0 Å². The van der Waals surface area contributed by atoms with Crippen molar-refractivity contribution in [3.63, 3.8) is 0 Å². The number of nitrogens with one attached hydrogen (secondary N) is 1. The zero-order valence-electron chi connectivity index (χ0n) is 10.4. The van der Waals surface area contributed by atoms with E-state index in [4.69, 9.17) is 15.5 Å². The molecule has 94 valence electrons. The van der Waals surface area contributed by atoms with Gasteiger partial charge in [-0.25, -0.2) is 4.98 Å². The van der Waals surface area contributed by atoms with Crippen LogP contribution in [0.25, 0.3) is 10.9 Å². The van der Waals surface area contributed by atoms with E-state index in [0.29, 0.717) is 6.61 Å². The molecule has 1 aliphatic heterocycles. The summed E-state index contributed by atoms with van der Waals surface area (Å²) in [6.07, 6.45) is 0. The van der Waals surface area contributed by atoms with Gasteiger partial charge in [-0.3, -0.25) is 0 Å². The fraction of sp³-hybridized carbons (Fsp3) is 0.357. The van der Waals surface area contributed by atoms with E-state index < -0.39 is 0 Å². The van der Waals surface area contributed by atoms with Crippen LogP contribution in [0.15, 0.2) is 24.3 Å². The number of nitrogens with zero attached hydrogens (tertiary/aromatic N) is 1. The monoisotopic (exact) mass is 243 g/mol. The van der Waals surface area contributed by atoms with Crippen molar-refractivity contribution < 1.29 is 4.74 Å². The van der Waals surface area contributed by atoms with Crippen molar-refractivity contribution in [3.8, 4) is 0 Å². The molecule has 0 amide bonds. The van der Waals surface area contributed by atoms with Crippen molar-refractivity contribution >= 4 is 16.6 Å². The number of anilines is 1. The molecule has 1 aromatic carbocycles. The standard InChI is InChI=1S/C14H17N3O/c1-9-10-4-2-3-5-11(10)17-14(13(9)15)12-8-18-7-6-16-12/h2-5,12,16H,6-8,15H2,1H3. The molecule has 2 heterocycles. The van der Waals surface area contributed by atoms with E-state index in [1.807, 2.05) is 25.1 Å². The molecule has 1 saturated heterocycles. The second-order valence-corrected chi connectivity index (χ2v) is 4.63. The minimum atomic E-state index is 0.0991.